The summed E-state index contributed by atoms with van der Waals surface area (Å²) < 4.78 is 25.8. The molecular weight excluding hydrogens is 497 g/mol. The van der Waals surface area contributed by atoms with Crippen molar-refractivity contribution in [3.63, 3.8) is 0 Å². The Bertz CT molecular complexity index is 1390. The number of likely N-dealkylation sites (tertiary alicyclic amines) is 1. The molecule has 6 rings (SSSR count). The van der Waals surface area contributed by atoms with Crippen molar-refractivity contribution in [2.45, 2.75) is 23.8 Å². The number of carbonyl (C=O) groups is 2. The average Bonchev–Trinajstić information content (AvgIpc) is 2.91. The molecular formula is C26H26FN5O4S. The minimum Gasteiger partial charge on any atom is -0.481 e. The molecule has 2 atom stereocenters. The van der Waals surface area contributed by atoms with Gasteiger partial charge < -0.3 is 14.8 Å². The summed E-state index contributed by atoms with van der Waals surface area (Å²) in [6.45, 7) is 2.60. The number of ether oxygens (including phenoxy) is 2. The molecule has 1 aromatic carbocycles. The molecule has 2 saturated heterocycles. The molecule has 0 spiro atoms. The van der Waals surface area contributed by atoms with Gasteiger partial charge in [0.1, 0.15) is 11.9 Å². The molecule has 0 radical (unpaired) electrons. The number of methoxy groups -OCH3 is 1. The molecule has 3 aliphatic rings. The van der Waals surface area contributed by atoms with Crippen LogP contribution in [0.3, 0.4) is 0 Å². The highest BCUT2D eigenvalue weighted by atomic mass is 32.2. The number of aromatic nitrogens is 2. The SMILES string of the molecule is COc1ccc2ncc(F)c(CCN3CC[C@@H]4CN(c5ccc6c(c5)NC(=O)CS6)C(=O)O[C@H]4C3)c2n1. The molecule has 192 valence electrons. The summed E-state index contributed by atoms with van der Waals surface area (Å²) in [5.41, 5.74) is 3.09. The maximum absolute atomic E-state index is 14.7. The highest BCUT2D eigenvalue weighted by Crippen LogP contribution is 2.37. The number of nitrogens with one attached hydrogen (secondary N) is 1. The van der Waals surface area contributed by atoms with Crippen LogP contribution in [0.25, 0.3) is 11.0 Å². The number of benzene rings is 1. The quantitative estimate of drug-likeness (QED) is 0.541. The Morgan fingerprint density at radius 3 is 3.00 bits per heavy atom. The van der Waals surface area contributed by atoms with Gasteiger partial charge in [0.25, 0.3) is 0 Å². The Labute approximate surface area is 217 Å². The molecule has 2 fully saturated rings. The van der Waals surface area contributed by atoms with E-state index in [0.29, 0.717) is 54.3 Å². The van der Waals surface area contributed by atoms with E-state index in [1.54, 1.807) is 17.0 Å². The zero-order valence-corrected chi connectivity index (χ0v) is 21.1. The summed E-state index contributed by atoms with van der Waals surface area (Å²) >= 11 is 1.49. The van der Waals surface area contributed by atoms with Gasteiger partial charge in [-0.25, -0.2) is 14.2 Å². The van der Waals surface area contributed by atoms with Gasteiger partial charge in [0.2, 0.25) is 11.8 Å². The summed E-state index contributed by atoms with van der Waals surface area (Å²) in [5, 5.41) is 2.88. The number of anilines is 2. The second kappa shape index (κ2) is 9.79. The second-order valence-corrected chi connectivity index (χ2v) is 10.5. The molecule has 2 aromatic heterocycles. The van der Waals surface area contributed by atoms with Gasteiger partial charge in [0.15, 0.2) is 0 Å². The number of piperidine rings is 1. The molecule has 0 bridgehead atoms. The first-order chi connectivity index (χ1) is 18.0. The summed E-state index contributed by atoms with van der Waals surface area (Å²) in [4.78, 5) is 38.1. The van der Waals surface area contributed by atoms with Crippen LogP contribution in [0.15, 0.2) is 41.4 Å². The Balaban J connectivity index is 1.12. The molecule has 0 unspecified atom stereocenters. The minimum atomic E-state index is -0.389. The lowest BCUT2D eigenvalue weighted by Gasteiger charge is -2.44. The van der Waals surface area contributed by atoms with Crippen molar-refractivity contribution < 1.29 is 23.5 Å². The van der Waals surface area contributed by atoms with Crippen LogP contribution in [0.5, 0.6) is 5.88 Å². The van der Waals surface area contributed by atoms with Gasteiger partial charge in [-0.2, -0.15) is 0 Å². The van der Waals surface area contributed by atoms with Crippen LogP contribution in [0.1, 0.15) is 12.0 Å². The van der Waals surface area contributed by atoms with Crippen LogP contribution in [-0.4, -0.2) is 72.0 Å². The van der Waals surface area contributed by atoms with Gasteiger partial charge in [0.05, 0.1) is 35.8 Å². The van der Waals surface area contributed by atoms with E-state index in [9.17, 15) is 14.0 Å². The molecule has 0 aliphatic carbocycles. The van der Waals surface area contributed by atoms with Gasteiger partial charge in [-0.3, -0.25) is 19.6 Å². The zero-order valence-electron chi connectivity index (χ0n) is 20.3. The third kappa shape index (κ3) is 4.69. The smallest absolute Gasteiger partial charge is 0.414 e. The molecule has 11 heteroatoms. The minimum absolute atomic E-state index is 0.0436. The Morgan fingerprint density at radius 1 is 1.24 bits per heavy atom. The lowest BCUT2D eigenvalue weighted by molar-refractivity contribution is -0.113. The first kappa shape index (κ1) is 23.9. The van der Waals surface area contributed by atoms with E-state index in [2.05, 4.69) is 20.2 Å². The highest BCUT2D eigenvalue weighted by molar-refractivity contribution is 8.00. The molecule has 3 aliphatic heterocycles. The lowest BCUT2D eigenvalue weighted by Crippen LogP contribution is -2.56. The van der Waals surface area contributed by atoms with Crippen molar-refractivity contribution in [3.8, 4) is 5.88 Å². The van der Waals surface area contributed by atoms with Crippen molar-refractivity contribution in [3.05, 3.63) is 47.9 Å². The molecule has 1 N–H and O–H groups in total. The predicted molar refractivity (Wildman–Crippen MR) is 138 cm³/mol. The topological polar surface area (TPSA) is 96.9 Å². The van der Waals surface area contributed by atoms with Crippen molar-refractivity contribution in [2.24, 2.45) is 5.92 Å². The van der Waals surface area contributed by atoms with Crippen molar-refractivity contribution in [1.29, 1.82) is 0 Å². The van der Waals surface area contributed by atoms with Crippen LogP contribution < -0.4 is 15.0 Å². The number of hydrogen-bond donors (Lipinski definition) is 1. The Hall–Kier alpha value is -3.44. The van der Waals surface area contributed by atoms with E-state index >= 15 is 0 Å². The molecule has 2 amide bonds. The van der Waals surface area contributed by atoms with Crippen molar-refractivity contribution in [2.75, 3.05) is 49.3 Å². The normalized spacial score (nSPS) is 21.7. The van der Waals surface area contributed by atoms with E-state index in [1.807, 2.05) is 18.2 Å². The number of pyridine rings is 2. The van der Waals surface area contributed by atoms with Crippen LogP contribution in [0.4, 0.5) is 20.6 Å². The first-order valence-electron chi connectivity index (χ1n) is 12.2. The third-order valence-electron chi connectivity index (χ3n) is 7.20. The number of carbonyl (C=O) groups excluding carboxylic acids is 2. The van der Waals surface area contributed by atoms with Gasteiger partial charge in [-0.15, -0.1) is 11.8 Å². The number of fused-ring (bicyclic) bond motifs is 3. The van der Waals surface area contributed by atoms with E-state index in [1.165, 1.54) is 25.1 Å². The number of nitrogens with zero attached hydrogens (tertiary/aromatic N) is 4. The summed E-state index contributed by atoms with van der Waals surface area (Å²) in [6, 6.07) is 9.16. The fourth-order valence-corrected chi connectivity index (χ4v) is 6.01. The number of thioether (sulfide) groups is 1. The van der Waals surface area contributed by atoms with E-state index in [0.717, 1.165) is 29.2 Å². The van der Waals surface area contributed by atoms with Gasteiger partial charge in [0, 0.05) is 47.8 Å². The Morgan fingerprint density at radius 2 is 2.14 bits per heavy atom. The van der Waals surface area contributed by atoms with Gasteiger partial charge >= 0.3 is 6.09 Å². The van der Waals surface area contributed by atoms with Crippen molar-refractivity contribution >= 4 is 46.2 Å². The summed E-state index contributed by atoms with van der Waals surface area (Å²) in [5.74, 6) is 0.576. The number of hydrogen-bond acceptors (Lipinski definition) is 8. The number of amides is 2. The molecule has 5 heterocycles. The van der Waals surface area contributed by atoms with E-state index in [4.69, 9.17) is 9.47 Å². The lowest BCUT2D eigenvalue weighted by atomic mass is 9.91. The second-order valence-electron chi connectivity index (χ2n) is 9.46. The van der Waals surface area contributed by atoms with Crippen molar-refractivity contribution in [1.82, 2.24) is 14.9 Å². The predicted octanol–water partition coefficient (Wildman–Crippen LogP) is 3.71. The summed E-state index contributed by atoms with van der Waals surface area (Å²) in [7, 11) is 1.53. The fourth-order valence-electron chi connectivity index (χ4n) is 5.23. The van der Waals surface area contributed by atoms with Crippen LogP contribution in [0.2, 0.25) is 0 Å². The molecule has 37 heavy (non-hydrogen) atoms. The van der Waals surface area contributed by atoms with E-state index in [-0.39, 0.29) is 29.8 Å². The van der Waals surface area contributed by atoms with Crippen LogP contribution in [-0.2, 0) is 16.0 Å². The number of rotatable bonds is 5. The fraction of sp³-hybridized carbons (Fsp3) is 0.385. The third-order valence-corrected chi connectivity index (χ3v) is 8.28. The summed E-state index contributed by atoms with van der Waals surface area (Å²) in [6.07, 6.45) is 1.95. The molecule has 0 saturated carbocycles. The zero-order chi connectivity index (χ0) is 25.5. The maximum Gasteiger partial charge on any atom is 0.414 e. The van der Waals surface area contributed by atoms with Crippen LogP contribution in [0, 0.1) is 11.7 Å². The largest absolute Gasteiger partial charge is 0.481 e. The van der Waals surface area contributed by atoms with Crippen LogP contribution >= 0.6 is 11.8 Å². The molecule has 3 aromatic rings. The Kier molecular flexibility index (Phi) is 6.33. The van der Waals surface area contributed by atoms with Gasteiger partial charge in [-0.05, 0) is 43.7 Å². The maximum atomic E-state index is 14.7. The standard InChI is InChI=1S/C26H26FN5O4S/c1-35-24-5-3-19-25(30-24)17(18(27)11-28-19)7-9-31-8-6-15-12-32(26(34)36-21(15)13-31)16-2-4-22-20(10-16)29-23(33)14-37-22/h2-5,10-11,15,21H,6-9,12-14H2,1H3,(H,29,33)/t15-,21+/m1/s1. The number of halogens is 1. The molecule has 9 nitrogen and oxygen atoms in total. The average molecular weight is 524 g/mol. The monoisotopic (exact) mass is 523 g/mol. The van der Waals surface area contributed by atoms with E-state index < -0.39 is 0 Å². The highest BCUT2D eigenvalue weighted by Gasteiger charge is 2.40. The van der Waals surface area contributed by atoms with Gasteiger partial charge in [-0.1, -0.05) is 0 Å². The first-order valence-corrected chi connectivity index (χ1v) is 13.2.